The van der Waals surface area contributed by atoms with E-state index < -0.39 is 5.91 Å². The molecule has 0 spiro atoms. The second-order valence-corrected chi connectivity index (χ2v) is 6.36. The average molecular weight is 386 g/mol. The molecule has 24 heavy (non-hydrogen) atoms. The predicted octanol–water partition coefficient (Wildman–Crippen LogP) is 3.80. The summed E-state index contributed by atoms with van der Waals surface area (Å²) in [6.45, 7) is 1.83. The third-order valence-electron chi connectivity index (χ3n) is 3.85. The highest BCUT2D eigenvalue weighted by atomic mass is 79.9. The van der Waals surface area contributed by atoms with Crippen molar-refractivity contribution in [2.45, 2.75) is 6.92 Å². The second kappa shape index (κ2) is 6.49. The number of carbonyl (C=O) groups excluding carboxylic acids is 1. The van der Waals surface area contributed by atoms with Crippen LogP contribution in [0.5, 0.6) is 5.75 Å². The summed E-state index contributed by atoms with van der Waals surface area (Å²) in [6.07, 6.45) is 0. The Morgan fingerprint density at radius 3 is 2.67 bits per heavy atom. The maximum atomic E-state index is 12.2. The minimum absolute atomic E-state index is 0.0978. The van der Waals surface area contributed by atoms with Gasteiger partial charge in [-0.1, -0.05) is 34.1 Å². The number of fused-ring (bicyclic) bond motifs is 1. The van der Waals surface area contributed by atoms with Gasteiger partial charge in [0.15, 0.2) is 0 Å². The van der Waals surface area contributed by atoms with E-state index in [0.29, 0.717) is 10.2 Å². The van der Waals surface area contributed by atoms with Crippen LogP contribution in [0.15, 0.2) is 58.1 Å². The van der Waals surface area contributed by atoms with Crippen molar-refractivity contribution in [3.05, 3.63) is 64.3 Å². The van der Waals surface area contributed by atoms with E-state index in [4.69, 9.17) is 0 Å². The number of phenols is 1. The molecule has 1 aromatic heterocycles. The predicted molar refractivity (Wildman–Crippen MR) is 98.4 cm³/mol. The number of nitrogens with zero attached hydrogens (tertiary/aromatic N) is 2. The van der Waals surface area contributed by atoms with Gasteiger partial charge >= 0.3 is 0 Å². The molecule has 0 atom stereocenters. The number of para-hydroxylation sites is 1. The van der Waals surface area contributed by atoms with E-state index in [1.54, 1.807) is 6.07 Å². The molecule has 0 saturated heterocycles. The zero-order chi connectivity index (χ0) is 17.3. The van der Waals surface area contributed by atoms with Crippen molar-refractivity contribution in [2.75, 3.05) is 0 Å². The van der Waals surface area contributed by atoms with Gasteiger partial charge < -0.3 is 9.67 Å². The first-order valence-electron chi connectivity index (χ1n) is 7.35. The summed E-state index contributed by atoms with van der Waals surface area (Å²) in [6, 6.07) is 14.8. The number of rotatable bonds is 3. The monoisotopic (exact) mass is 385 g/mol. The molecule has 0 unspecified atom stereocenters. The Hall–Kier alpha value is -2.60. The van der Waals surface area contributed by atoms with Crippen molar-refractivity contribution >= 4 is 38.5 Å². The van der Waals surface area contributed by atoms with Crippen LogP contribution in [0.1, 0.15) is 23.0 Å². The van der Waals surface area contributed by atoms with Crippen molar-refractivity contribution in [1.82, 2.24) is 9.99 Å². The molecule has 6 heteroatoms. The van der Waals surface area contributed by atoms with Gasteiger partial charge in [0.2, 0.25) is 0 Å². The van der Waals surface area contributed by atoms with Crippen LogP contribution in [-0.4, -0.2) is 21.3 Å². The second-order valence-electron chi connectivity index (χ2n) is 5.45. The molecule has 3 rings (SSSR count). The Labute approximate surface area is 147 Å². The van der Waals surface area contributed by atoms with Gasteiger partial charge in [-0.2, -0.15) is 5.10 Å². The molecular formula is C18H16BrN3O2. The highest BCUT2D eigenvalue weighted by Gasteiger charge is 2.12. The number of hydrogen-bond acceptors (Lipinski definition) is 3. The van der Waals surface area contributed by atoms with Gasteiger partial charge in [-0.25, -0.2) is 5.43 Å². The van der Waals surface area contributed by atoms with E-state index in [2.05, 4.69) is 26.5 Å². The highest BCUT2D eigenvalue weighted by molar-refractivity contribution is 9.10. The molecule has 0 aliphatic heterocycles. The minimum Gasteiger partial charge on any atom is -0.507 e. The number of carbonyl (C=O) groups is 1. The van der Waals surface area contributed by atoms with Crippen molar-refractivity contribution in [1.29, 1.82) is 0 Å². The Morgan fingerprint density at radius 2 is 1.96 bits per heavy atom. The number of amides is 1. The first-order chi connectivity index (χ1) is 11.5. The molecule has 0 fully saturated rings. The zero-order valence-corrected chi connectivity index (χ0v) is 14.8. The largest absolute Gasteiger partial charge is 0.507 e. The molecule has 0 saturated carbocycles. The molecule has 0 radical (unpaired) electrons. The zero-order valence-electron chi connectivity index (χ0n) is 13.2. The smallest absolute Gasteiger partial charge is 0.275 e. The molecular weight excluding hydrogens is 370 g/mol. The Bertz CT molecular complexity index is 960. The van der Waals surface area contributed by atoms with E-state index in [1.807, 2.05) is 48.9 Å². The summed E-state index contributed by atoms with van der Waals surface area (Å²) in [7, 11) is 1.96. The fourth-order valence-corrected chi connectivity index (χ4v) is 2.93. The quantitative estimate of drug-likeness (QED) is 0.531. The number of benzene rings is 2. The molecule has 2 aromatic carbocycles. The minimum atomic E-state index is -0.460. The highest BCUT2D eigenvalue weighted by Crippen LogP contribution is 2.22. The van der Waals surface area contributed by atoms with Crippen molar-refractivity contribution in [2.24, 2.45) is 12.1 Å². The Kier molecular flexibility index (Phi) is 4.40. The number of hydrazone groups is 1. The summed E-state index contributed by atoms with van der Waals surface area (Å²) >= 11 is 3.24. The molecule has 0 aliphatic carbocycles. The van der Waals surface area contributed by atoms with E-state index in [9.17, 15) is 9.90 Å². The van der Waals surface area contributed by atoms with Crippen molar-refractivity contribution < 1.29 is 9.90 Å². The molecule has 1 heterocycles. The van der Waals surface area contributed by atoms with Crippen LogP contribution >= 0.6 is 15.9 Å². The van der Waals surface area contributed by atoms with Crippen LogP contribution in [0.3, 0.4) is 0 Å². The normalized spacial score (nSPS) is 11.7. The first kappa shape index (κ1) is 16.3. The molecule has 3 aromatic rings. The van der Waals surface area contributed by atoms with Gasteiger partial charge in [0.05, 0.1) is 17.0 Å². The lowest BCUT2D eigenvalue weighted by atomic mass is 10.2. The number of aryl methyl sites for hydroxylation is 1. The third-order valence-corrected chi connectivity index (χ3v) is 4.35. The van der Waals surface area contributed by atoms with Crippen LogP contribution in [-0.2, 0) is 7.05 Å². The Morgan fingerprint density at radius 1 is 1.21 bits per heavy atom. The molecule has 2 N–H and O–H groups in total. The van der Waals surface area contributed by atoms with E-state index in [-0.39, 0.29) is 11.3 Å². The van der Waals surface area contributed by atoms with Gasteiger partial charge in [-0.3, -0.25) is 4.79 Å². The van der Waals surface area contributed by atoms with Gasteiger partial charge in [-0.05, 0) is 37.3 Å². The Balaban J connectivity index is 1.85. The summed E-state index contributed by atoms with van der Waals surface area (Å²) < 4.78 is 2.73. The van der Waals surface area contributed by atoms with Gasteiger partial charge in [0.1, 0.15) is 5.75 Å². The number of aromatic nitrogens is 1. The van der Waals surface area contributed by atoms with Gasteiger partial charge in [0, 0.05) is 22.4 Å². The summed E-state index contributed by atoms with van der Waals surface area (Å²) in [5, 5.41) is 15.1. The maximum absolute atomic E-state index is 12.2. The standard InChI is InChI=1S/C18H16BrN3O2/c1-11(16-9-12-5-3-4-6-15(12)22(16)2)20-21-18(24)14-8-7-13(19)10-17(14)23/h3-10,23H,1-2H3,(H,21,24)/b20-11+. The number of phenolic OH excluding ortho intramolecular Hbond substituents is 1. The topological polar surface area (TPSA) is 66.6 Å². The molecule has 0 bridgehead atoms. The number of hydrogen-bond donors (Lipinski definition) is 2. The lowest BCUT2D eigenvalue weighted by Crippen LogP contribution is -2.20. The number of halogens is 1. The molecule has 1 amide bonds. The van der Waals surface area contributed by atoms with Gasteiger partial charge in [-0.15, -0.1) is 0 Å². The molecule has 0 aliphatic rings. The summed E-state index contributed by atoms with van der Waals surface area (Å²) in [4.78, 5) is 12.2. The summed E-state index contributed by atoms with van der Waals surface area (Å²) in [5.74, 6) is -0.558. The van der Waals surface area contributed by atoms with Crippen LogP contribution in [0.4, 0.5) is 0 Å². The van der Waals surface area contributed by atoms with Gasteiger partial charge in [0.25, 0.3) is 5.91 Å². The SMILES string of the molecule is C/C(=N\NC(=O)c1ccc(Br)cc1O)c1cc2ccccc2n1C. The fourth-order valence-electron chi connectivity index (χ4n) is 2.59. The van der Waals surface area contributed by atoms with E-state index in [0.717, 1.165) is 16.6 Å². The van der Waals surface area contributed by atoms with Crippen LogP contribution < -0.4 is 5.43 Å². The van der Waals surface area contributed by atoms with Crippen LogP contribution in [0, 0.1) is 0 Å². The average Bonchev–Trinajstić information content (AvgIpc) is 2.90. The van der Waals surface area contributed by atoms with E-state index >= 15 is 0 Å². The number of aromatic hydroxyl groups is 1. The number of nitrogens with one attached hydrogen (secondary N) is 1. The van der Waals surface area contributed by atoms with Crippen molar-refractivity contribution in [3.63, 3.8) is 0 Å². The molecule has 122 valence electrons. The van der Waals surface area contributed by atoms with Crippen molar-refractivity contribution in [3.8, 4) is 5.75 Å². The van der Waals surface area contributed by atoms with E-state index in [1.165, 1.54) is 12.1 Å². The van der Waals surface area contributed by atoms with Crippen LogP contribution in [0.25, 0.3) is 10.9 Å². The fraction of sp³-hybridized carbons (Fsp3) is 0.111. The summed E-state index contributed by atoms with van der Waals surface area (Å²) in [5.41, 5.74) is 5.35. The lowest BCUT2D eigenvalue weighted by Gasteiger charge is -2.06. The third kappa shape index (κ3) is 3.05. The lowest BCUT2D eigenvalue weighted by molar-refractivity contribution is 0.0952. The first-order valence-corrected chi connectivity index (χ1v) is 8.14. The molecule has 5 nitrogen and oxygen atoms in total. The van der Waals surface area contributed by atoms with Crippen LogP contribution in [0.2, 0.25) is 0 Å². The maximum Gasteiger partial charge on any atom is 0.275 e.